The highest BCUT2D eigenvalue weighted by atomic mass is 32.2. The van der Waals surface area contributed by atoms with Crippen LogP contribution in [0.5, 0.6) is 5.75 Å². The molecule has 1 atom stereocenters. The summed E-state index contributed by atoms with van der Waals surface area (Å²) in [6, 6.07) is 5.60. The average molecular weight is 296 g/mol. The van der Waals surface area contributed by atoms with E-state index in [9.17, 15) is 13.2 Å². The normalized spacial score (nSPS) is 21.4. The predicted molar refractivity (Wildman–Crippen MR) is 77.9 cm³/mol. The zero-order valence-corrected chi connectivity index (χ0v) is 12.7. The third-order valence-corrected chi connectivity index (χ3v) is 5.96. The van der Waals surface area contributed by atoms with Gasteiger partial charge in [0.15, 0.2) is 15.6 Å². The zero-order chi connectivity index (χ0) is 14.8. The lowest BCUT2D eigenvalue weighted by atomic mass is 10.0. The number of Topliss-reactive ketones (excluding diaryl/α,β-unsaturated/α-hetero) is 1. The van der Waals surface area contributed by atoms with Crippen molar-refractivity contribution < 1.29 is 17.9 Å². The smallest absolute Gasteiger partial charge is 0.160 e. The van der Waals surface area contributed by atoms with Gasteiger partial charge in [0.25, 0.3) is 0 Å². The van der Waals surface area contributed by atoms with Crippen LogP contribution in [-0.4, -0.2) is 32.3 Å². The van der Waals surface area contributed by atoms with Crippen molar-refractivity contribution in [3.8, 4) is 5.75 Å². The van der Waals surface area contributed by atoms with Crippen LogP contribution in [0, 0.1) is 6.92 Å². The highest BCUT2D eigenvalue weighted by molar-refractivity contribution is 7.92. The minimum Gasteiger partial charge on any atom is -0.496 e. The molecule has 1 aromatic carbocycles. The highest BCUT2D eigenvalue weighted by Crippen LogP contribution is 2.25. The Morgan fingerprint density at radius 3 is 2.75 bits per heavy atom. The van der Waals surface area contributed by atoms with E-state index in [0.717, 1.165) is 17.5 Å². The van der Waals surface area contributed by atoms with E-state index in [1.54, 1.807) is 7.11 Å². The molecule has 0 amide bonds. The predicted octanol–water partition coefficient (Wildman–Crippen LogP) is 2.08. The van der Waals surface area contributed by atoms with Crippen LogP contribution < -0.4 is 4.74 Å². The van der Waals surface area contributed by atoms with Gasteiger partial charge >= 0.3 is 0 Å². The molecule has 0 spiro atoms. The number of benzene rings is 1. The molecule has 1 aliphatic heterocycles. The number of hydrogen-bond acceptors (Lipinski definition) is 4. The van der Waals surface area contributed by atoms with E-state index in [-0.39, 0.29) is 18.0 Å². The number of carbonyl (C=O) groups is 1. The summed E-state index contributed by atoms with van der Waals surface area (Å²) in [7, 11) is -1.71. The Hall–Kier alpha value is -1.36. The maximum atomic E-state index is 12.3. The molecule has 2 rings (SSSR count). The maximum Gasteiger partial charge on any atom is 0.160 e. The fourth-order valence-electron chi connectivity index (χ4n) is 2.66. The SMILES string of the molecule is COc1ccc(C)cc1CC(=O)C1CCCCS1(=O)=O. The number of ether oxygens (including phenoxy) is 1. The molecule has 0 radical (unpaired) electrons. The molecule has 4 nitrogen and oxygen atoms in total. The Morgan fingerprint density at radius 1 is 1.35 bits per heavy atom. The Labute approximate surface area is 120 Å². The molecule has 1 unspecified atom stereocenters. The van der Waals surface area contributed by atoms with Crippen LogP contribution >= 0.6 is 0 Å². The van der Waals surface area contributed by atoms with Gasteiger partial charge in [0.1, 0.15) is 11.0 Å². The molecule has 1 fully saturated rings. The molecule has 0 aromatic heterocycles. The Balaban J connectivity index is 2.21. The lowest BCUT2D eigenvalue weighted by Crippen LogP contribution is -2.36. The second-order valence-electron chi connectivity index (χ2n) is 5.31. The van der Waals surface area contributed by atoms with Crippen molar-refractivity contribution in [2.24, 2.45) is 0 Å². The number of ketones is 1. The fraction of sp³-hybridized carbons (Fsp3) is 0.533. The fourth-order valence-corrected chi connectivity index (χ4v) is 4.56. The number of hydrogen-bond donors (Lipinski definition) is 0. The Bertz CT molecular complexity index is 604. The first kappa shape index (κ1) is 15.0. The molecule has 5 heteroatoms. The van der Waals surface area contributed by atoms with E-state index in [1.165, 1.54) is 0 Å². The molecule has 110 valence electrons. The van der Waals surface area contributed by atoms with E-state index in [2.05, 4.69) is 0 Å². The van der Waals surface area contributed by atoms with Crippen LogP contribution in [0.3, 0.4) is 0 Å². The maximum absolute atomic E-state index is 12.3. The summed E-state index contributed by atoms with van der Waals surface area (Å²) in [5.41, 5.74) is 1.79. The molecule has 0 saturated carbocycles. The summed E-state index contributed by atoms with van der Waals surface area (Å²) in [4.78, 5) is 12.3. The van der Waals surface area contributed by atoms with E-state index in [1.807, 2.05) is 25.1 Å². The van der Waals surface area contributed by atoms with Crippen molar-refractivity contribution in [2.75, 3.05) is 12.9 Å². The van der Waals surface area contributed by atoms with E-state index >= 15 is 0 Å². The van der Waals surface area contributed by atoms with Crippen molar-refractivity contribution >= 4 is 15.6 Å². The second-order valence-corrected chi connectivity index (χ2v) is 7.61. The Kier molecular flexibility index (Phi) is 4.48. The third-order valence-electron chi connectivity index (χ3n) is 3.74. The van der Waals surface area contributed by atoms with Gasteiger partial charge in [-0.2, -0.15) is 0 Å². The van der Waals surface area contributed by atoms with Crippen molar-refractivity contribution in [1.82, 2.24) is 0 Å². The van der Waals surface area contributed by atoms with Gasteiger partial charge in [0.05, 0.1) is 12.9 Å². The molecule has 20 heavy (non-hydrogen) atoms. The van der Waals surface area contributed by atoms with Gasteiger partial charge in [-0.05, 0) is 25.8 Å². The number of aryl methyl sites for hydroxylation is 1. The average Bonchev–Trinajstić information content (AvgIpc) is 2.38. The van der Waals surface area contributed by atoms with Crippen LogP contribution in [0.25, 0.3) is 0 Å². The largest absolute Gasteiger partial charge is 0.496 e. The topological polar surface area (TPSA) is 60.4 Å². The summed E-state index contributed by atoms with van der Waals surface area (Å²) in [5, 5.41) is -0.832. The minimum absolute atomic E-state index is 0.120. The van der Waals surface area contributed by atoms with E-state index in [4.69, 9.17) is 4.74 Å². The molecule has 1 heterocycles. The molecular formula is C15H20O4S. The molecular weight excluding hydrogens is 276 g/mol. The zero-order valence-electron chi connectivity index (χ0n) is 11.9. The number of carbonyl (C=O) groups excluding carboxylic acids is 1. The molecule has 1 aliphatic rings. The standard InChI is InChI=1S/C15H20O4S/c1-11-6-7-14(19-2)12(9-11)10-13(16)15-5-3-4-8-20(15,17)18/h6-7,9,15H,3-5,8,10H2,1-2H3. The van der Waals surface area contributed by atoms with Crippen LogP contribution in [0.4, 0.5) is 0 Å². The first-order valence-electron chi connectivity index (χ1n) is 6.82. The first-order valence-corrected chi connectivity index (χ1v) is 8.53. The molecule has 1 aromatic rings. The number of sulfone groups is 1. The second kappa shape index (κ2) is 5.95. The summed E-state index contributed by atoms with van der Waals surface area (Å²) >= 11 is 0. The summed E-state index contributed by atoms with van der Waals surface area (Å²) in [6.07, 6.45) is 2.05. The van der Waals surface area contributed by atoms with Gasteiger partial charge in [-0.3, -0.25) is 4.79 Å². The van der Waals surface area contributed by atoms with Crippen LogP contribution in [0.1, 0.15) is 30.4 Å². The summed E-state index contributed by atoms with van der Waals surface area (Å²) in [6.45, 7) is 1.94. The van der Waals surface area contributed by atoms with Crippen LogP contribution in [0.2, 0.25) is 0 Å². The number of methoxy groups -OCH3 is 1. The van der Waals surface area contributed by atoms with E-state index in [0.29, 0.717) is 18.6 Å². The monoisotopic (exact) mass is 296 g/mol. The molecule has 0 bridgehead atoms. The van der Waals surface area contributed by atoms with Crippen LogP contribution in [0.15, 0.2) is 18.2 Å². The first-order chi connectivity index (χ1) is 9.44. The third kappa shape index (κ3) is 3.20. The van der Waals surface area contributed by atoms with Gasteiger partial charge in [0, 0.05) is 12.0 Å². The van der Waals surface area contributed by atoms with Crippen molar-refractivity contribution in [3.05, 3.63) is 29.3 Å². The van der Waals surface area contributed by atoms with Crippen molar-refractivity contribution in [1.29, 1.82) is 0 Å². The lowest BCUT2D eigenvalue weighted by molar-refractivity contribution is -0.118. The van der Waals surface area contributed by atoms with Gasteiger partial charge in [0.2, 0.25) is 0 Å². The summed E-state index contributed by atoms with van der Waals surface area (Å²) in [5.74, 6) is 0.555. The Morgan fingerprint density at radius 2 is 2.10 bits per heavy atom. The molecule has 1 saturated heterocycles. The quantitative estimate of drug-likeness (QED) is 0.853. The van der Waals surface area contributed by atoms with Crippen molar-refractivity contribution in [3.63, 3.8) is 0 Å². The van der Waals surface area contributed by atoms with Gasteiger partial charge in [-0.1, -0.05) is 24.1 Å². The van der Waals surface area contributed by atoms with Gasteiger partial charge in [-0.25, -0.2) is 8.42 Å². The van der Waals surface area contributed by atoms with E-state index < -0.39 is 15.1 Å². The molecule has 0 aliphatic carbocycles. The van der Waals surface area contributed by atoms with Crippen LogP contribution in [-0.2, 0) is 21.1 Å². The number of rotatable bonds is 4. The molecule has 0 N–H and O–H groups in total. The van der Waals surface area contributed by atoms with Crippen molar-refractivity contribution in [2.45, 2.75) is 37.9 Å². The van der Waals surface area contributed by atoms with Gasteiger partial charge in [-0.15, -0.1) is 0 Å². The van der Waals surface area contributed by atoms with Gasteiger partial charge < -0.3 is 4.74 Å². The lowest BCUT2D eigenvalue weighted by Gasteiger charge is -2.21. The summed E-state index contributed by atoms with van der Waals surface area (Å²) < 4.78 is 29.2. The highest BCUT2D eigenvalue weighted by Gasteiger charge is 2.34. The minimum atomic E-state index is -3.26.